The van der Waals surface area contributed by atoms with Crippen LogP contribution in [0.4, 0.5) is 0 Å². The van der Waals surface area contributed by atoms with Crippen LogP contribution in [-0.2, 0) is 17.9 Å². The first-order valence-electron chi connectivity index (χ1n) is 11.4. The van der Waals surface area contributed by atoms with Crippen LogP contribution in [0.5, 0.6) is 0 Å². The van der Waals surface area contributed by atoms with Crippen LogP contribution < -0.4 is 0 Å². The SMILES string of the molecule is O=C(c1ccc2[nH]ccc2c1)N1CCN(C(=O)c2nnn3c2CO[C@H](c2ccccc2)C3)CC1. The number of carbonyl (C=O) groups is 2. The molecule has 0 radical (unpaired) electrons. The Labute approximate surface area is 195 Å². The van der Waals surface area contributed by atoms with Gasteiger partial charge in [-0.3, -0.25) is 9.59 Å². The quantitative estimate of drug-likeness (QED) is 0.511. The summed E-state index contributed by atoms with van der Waals surface area (Å²) in [6.45, 7) is 2.67. The predicted molar refractivity (Wildman–Crippen MR) is 124 cm³/mol. The molecule has 2 aromatic carbocycles. The van der Waals surface area contributed by atoms with Gasteiger partial charge in [0, 0.05) is 48.8 Å². The van der Waals surface area contributed by atoms with E-state index in [-0.39, 0.29) is 24.5 Å². The number of aromatic amines is 1. The maximum absolute atomic E-state index is 13.2. The summed E-state index contributed by atoms with van der Waals surface area (Å²) in [5.74, 6) is -0.180. The molecule has 0 bridgehead atoms. The molecule has 1 fully saturated rings. The Morgan fingerprint density at radius 1 is 0.941 bits per heavy atom. The van der Waals surface area contributed by atoms with Crippen molar-refractivity contribution in [1.29, 1.82) is 0 Å². The van der Waals surface area contributed by atoms with Crippen molar-refractivity contribution in [2.24, 2.45) is 0 Å². The number of ether oxygens (including phenoxy) is 1. The van der Waals surface area contributed by atoms with Crippen LogP contribution in [0.2, 0.25) is 0 Å². The van der Waals surface area contributed by atoms with Crippen LogP contribution in [0.3, 0.4) is 0 Å². The molecule has 9 nitrogen and oxygen atoms in total. The maximum Gasteiger partial charge on any atom is 0.276 e. The topological polar surface area (TPSA) is 96.4 Å². The number of benzene rings is 2. The molecule has 4 aromatic rings. The molecule has 2 amide bonds. The fourth-order valence-electron chi connectivity index (χ4n) is 4.68. The Kier molecular flexibility index (Phi) is 5.10. The number of piperazine rings is 1. The molecule has 34 heavy (non-hydrogen) atoms. The standard InChI is InChI=1S/C25H24N6O3/c32-24(19-6-7-20-18(14-19)8-9-26-20)29-10-12-30(13-11-29)25(33)23-21-16-34-22(15-31(21)28-27-23)17-4-2-1-3-5-17/h1-9,14,22,26H,10-13,15-16H2/t22-/m0/s1. The zero-order chi connectivity index (χ0) is 23.1. The van der Waals surface area contributed by atoms with E-state index in [1.165, 1.54) is 0 Å². The van der Waals surface area contributed by atoms with E-state index in [1.807, 2.05) is 60.8 Å². The van der Waals surface area contributed by atoms with Gasteiger partial charge in [-0.25, -0.2) is 4.68 Å². The summed E-state index contributed by atoms with van der Waals surface area (Å²) < 4.78 is 7.79. The Hall–Kier alpha value is -3.98. The van der Waals surface area contributed by atoms with Crippen molar-refractivity contribution in [2.75, 3.05) is 26.2 Å². The van der Waals surface area contributed by atoms with Gasteiger partial charge in [-0.15, -0.1) is 5.10 Å². The van der Waals surface area contributed by atoms with Crippen molar-refractivity contribution in [3.63, 3.8) is 0 Å². The van der Waals surface area contributed by atoms with Gasteiger partial charge in [-0.2, -0.15) is 0 Å². The van der Waals surface area contributed by atoms with E-state index in [0.717, 1.165) is 16.5 Å². The van der Waals surface area contributed by atoms with E-state index in [9.17, 15) is 9.59 Å². The lowest BCUT2D eigenvalue weighted by atomic mass is 10.1. The molecule has 6 rings (SSSR count). The highest BCUT2D eigenvalue weighted by Crippen LogP contribution is 2.27. The molecule has 0 unspecified atom stereocenters. The summed E-state index contributed by atoms with van der Waals surface area (Å²) in [6, 6.07) is 17.6. The molecule has 2 aliphatic rings. The summed E-state index contributed by atoms with van der Waals surface area (Å²) >= 11 is 0. The van der Waals surface area contributed by atoms with E-state index in [1.54, 1.807) is 14.5 Å². The van der Waals surface area contributed by atoms with Crippen LogP contribution >= 0.6 is 0 Å². The van der Waals surface area contributed by atoms with E-state index < -0.39 is 0 Å². The molecule has 1 atom stereocenters. The summed E-state index contributed by atoms with van der Waals surface area (Å²) in [4.78, 5) is 32.9. The minimum absolute atomic E-state index is 0.0170. The normalized spacial score (nSPS) is 18.2. The maximum atomic E-state index is 13.2. The first kappa shape index (κ1) is 20.6. The van der Waals surface area contributed by atoms with Gasteiger partial charge in [0.2, 0.25) is 0 Å². The largest absolute Gasteiger partial charge is 0.365 e. The van der Waals surface area contributed by atoms with Crippen LogP contribution in [-0.4, -0.2) is 67.8 Å². The zero-order valence-electron chi connectivity index (χ0n) is 18.6. The molecule has 0 spiro atoms. The molecule has 1 N–H and O–H groups in total. The van der Waals surface area contributed by atoms with Gasteiger partial charge in [0.25, 0.3) is 11.8 Å². The zero-order valence-corrected chi connectivity index (χ0v) is 18.6. The third kappa shape index (κ3) is 3.63. The van der Waals surface area contributed by atoms with E-state index in [0.29, 0.717) is 49.7 Å². The molecule has 2 aromatic heterocycles. The second kappa shape index (κ2) is 8.42. The molecule has 0 aliphatic carbocycles. The molecule has 1 saturated heterocycles. The Balaban J connectivity index is 1.11. The van der Waals surface area contributed by atoms with Gasteiger partial charge in [0.1, 0.15) is 6.10 Å². The third-order valence-corrected chi connectivity index (χ3v) is 6.63. The first-order valence-corrected chi connectivity index (χ1v) is 11.4. The van der Waals surface area contributed by atoms with Gasteiger partial charge >= 0.3 is 0 Å². The summed E-state index contributed by atoms with van der Waals surface area (Å²) in [5.41, 5.74) is 3.78. The minimum atomic E-state index is -0.163. The van der Waals surface area contributed by atoms with Crippen LogP contribution in [0, 0.1) is 0 Å². The van der Waals surface area contributed by atoms with Gasteiger partial charge < -0.3 is 19.5 Å². The number of hydrogen-bond donors (Lipinski definition) is 1. The van der Waals surface area contributed by atoms with Crippen molar-refractivity contribution in [1.82, 2.24) is 29.8 Å². The fourth-order valence-corrected chi connectivity index (χ4v) is 4.68. The van der Waals surface area contributed by atoms with Crippen LogP contribution in [0.1, 0.15) is 38.2 Å². The van der Waals surface area contributed by atoms with Crippen LogP contribution in [0.25, 0.3) is 10.9 Å². The highest BCUT2D eigenvalue weighted by Gasteiger charge is 2.32. The van der Waals surface area contributed by atoms with E-state index in [4.69, 9.17) is 4.74 Å². The number of nitrogens with zero attached hydrogens (tertiary/aromatic N) is 5. The second-order valence-electron chi connectivity index (χ2n) is 8.64. The summed E-state index contributed by atoms with van der Waals surface area (Å²) in [6.07, 6.45) is 1.75. The molecule has 9 heteroatoms. The van der Waals surface area contributed by atoms with Gasteiger partial charge in [0.15, 0.2) is 5.69 Å². The fraction of sp³-hybridized carbons (Fsp3) is 0.280. The molecule has 4 heterocycles. The lowest BCUT2D eigenvalue weighted by molar-refractivity contribution is -0.00202. The molecule has 2 aliphatic heterocycles. The smallest absolute Gasteiger partial charge is 0.276 e. The monoisotopic (exact) mass is 456 g/mol. The van der Waals surface area contributed by atoms with Gasteiger partial charge in [0.05, 0.1) is 18.8 Å². The lowest BCUT2D eigenvalue weighted by Gasteiger charge is -2.34. The Morgan fingerprint density at radius 2 is 1.71 bits per heavy atom. The number of nitrogens with one attached hydrogen (secondary N) is 1. The minimum Gasteiger partial charge on any atom is -0.365 e. The van der Waals surface area contributed by atoms with Crippen molar-refractivity contribution < 1.29 is 14.3 Å². The predicted octanol–water partition coefficient (Wildman–Crippen LogP) is 2.63. The van der Waals surface area contributed by atoms with Crippen LogP contribution in [0.15, 0.2) is 60.8 Å². The number of rotatable bonds is 3. The average Bonchev–Trinajstić information content (AvgIpc) is 3.54. The first-order chi connectivity index (χ1) is 16.7. The van der Waals surface area contributed by atoms with E-state index in [2.05, 4.69) is 15.3 Å². The number of fused-ring (bicyclic) bond motifs is 2. The molecule has 0 saturated carbocycles. The number of carbonyl (C=O) groups excluding carboxylic acids is 2. The second-order valence-corrected chi connectivity index (χ2v) is 8.64. The molecular weight excluding hydrogens is 432 g/mol. The van der Waals surface area contributed by atoms with Crippen molar-refractivity contribution >= 4 is 22.7 Å². The number of amides is 2. The number of aromatic nitrogens is 4. The Morgan fingerprint density at radius 3 is 2.50 bits per heavy atom. The average molecular weight is 457 g/mol. The highest BCUT2D eigenvalue weighted by atomic mass is 16.5. The van der Waals surface area contributed by atoms with Gasteiger partial charge in [-0.05, 0) is 29.8 Å². The van der Waals surface area contributed by atoms with Crippen molar-refractivity contribution in [2.45, 2.75) is 19.3 Å². The Bertz CT molecular complexity index is 1350. The van der Waals surface area contributed by atoms with Crippen molar-refractivity contribution in [3.8, 4) is 0 Å². The van der Waals surface area contributed by atoms with E-state index >= 15 is 0 Å². The molecule has 172 valence electrons. The summed E-state index contributed by atoms with van der Waals surface area (Å²) in [5, 5.41) is 9.42. The highest BCUT2D eigenvalue weighted by molar-refractivity contribution is 5.98. The summed E-state index contributed by atoms with van der Waals surface area (Å²) in [7, 11) is 0. The van der Waals surface area contributed by atoms with Gasteiger partial charge in [-0.1, -0.05) is 35.5 Å². The lowest BCUT2D eigenvalue weighted by Crippen LogP contribution is -2.50. The number of H-pyrrole nitrogens is 1. The third-order valence-electron chi connectivity index (χ3n) is 6.63. The number of hydrogen-bond acceptors (Lipinski definition) is 5. The molecular formula is C25H24N6O3. The van der Waals surface area contributed by atoms with Crippen molar-refractivity contribution in [3.05, 3.63) is 83.3 Å².